The Balaban J connectivity index is 1.68. The largest absolute Gasteiger partial charge is 0.497 e. The van der Waals surface area contributed by atoms with E-state index < -0.39 is 0 Å². The van der Waals surface area contributed by atoms with Gasteiger partial charge in [0.1, 0.15) is 18.4 Å². The van der Waals surface area contributed by atoms with Crippen molar-refractivity contribution in [2.75, 3.05) is 7.11 Å². The number of ether oxygens (including phenoxy) is 1. The second-order valence-electron chi connectivity index (χ2n) is 5.41. The zero-order valence-electron chi connectivity index (χ0n) is 13.5. The van der Waals surface area contributed by atoms with Crippen LogP contribution in [0.3, 0.4) is 0 Å². The highest BCUT2D eigenvalue weighted by Crippen LogP contribution is 2.27. The fourth-order valence-corrected chi connectivity index (χ4v) is 2.57. The van der Waals surface area contributed by atoms with Gasteiger partial charge in [-0.05, 0) is 23.8 Å². The van der Waals surface area contributed by atoms with Crippen molar-refractivity contribution in [2.45, 2.75) is 6.54 Å². The van der Waals surface area contributed by atoms with E-state index in [1.165, 1.54) is 6.33 Å². The summed E-state index contributed by atoms with van der Waals surface area (Å²) in [5, 5.41) is 8.24. The van der Waals surface area contributed by atoms with E-state index in [0.29, 0.717) is 18.3 Å². The second kappa shape index (κ2) is 6.56. The van der Waals surface area contributed by atoms with Crippen LogP contribution in [0, 0.1) is 0 Å². The lowest BCUT2D eigenvalue weighted by atomic mass is 10.1. The Kier molecular flexibility index (Phi) is 3.96. The third-order valence-electron chi connectivity index (χ3n) is 3.80. The highest BCUT2D eigenvalue weighted by Gasteiger charge is 2.14. The molecule has 124 valence electrons. The van der Waals surface area contributed by atoms with Gasteiger partial charge in [0.25, 0.3) is 5.89 Å². The third kappa shape index (κ3) is 3.12. The van der Waals surface area contributed by atoms with Crippen LogP contribution in [0.2, 0.25) is 0 Å². The van der Waals surface area contributed by atoms with Crippen LogP contribution >= 0.6 is 0 Å². The molecule has 25 heavy (non-hydrogen) atoms. The zero-order valence-corrected chi connectivity index (χ0v) is 13.5. The van der Waals surface area contributed by atoms with Gasteiger partial charge in [-0.2, -0.15) is 10.1 Å². The first-order valence-electron chi connectivity index (χ1n) is 7.72. The van der Waals surface area contributed by atoms with E-state index in [0.717, 1.165) is 22.4 Å². The van der Waals surface area contributed by atoms with Crippen molar-refractivity contribution in [3.8, 4) is 28.6 Å². The van der Waals surface area contributed by atoms with Gasteiger partial charge in [0.2, 0.25) is 5.82 Å². The molecule has 0 saturated heterocycles. The topological polar surface area (TPSA) is 78.9 Å². The van der Waals surface area contributed by atoms with Gasteiger partial charge < -0.3 is 9.26 Å². The summed E-state index contributed by atoms with van der Waals surface area (Å²) >= 11 is 0. The quantitative estimate of drug-likeness (QED) is 0.558. The smallest absolute Gasteiger partial charge is 0.258 e. The number of aromatic nitrogens is 5. The first-order valence-corrected chi connectivity index (χ1v) is 7.72. The minimum Gasteiger partial charge on any atom is -0.497 e. The predicted molar refractivity (Wildman–Crippen MR) is 90.8 cm³/mol. The van der Waals surface area contributed by atoms with E-state index in [1.54, 1.807) is 18.1 Å². The first kappa shape index (κ1) is 15.1. The van der Waals surface area contributed by atoms with Crippen LogP contribution in [0.5, 0.6) is 5.75 Å². The molecule has 0 atom stereocenters. The maximum atomic E-state index is 5.49. The number of hydrogen-bond donors (Lipinski definition) is 0. The average Bonchev–Trinajstić information content (AvgIpc) is 3.34. The van der Waals surface area contributed by atoms with Crippen LogP contribution in [0.25, 0.3) is 22.8 Å². The van der Waals surface area contributed by atoms with E-state index in [4.69, 9.17) is 9.26 Å². The molecule has 0 saturated carbocycles. The molecule has 7 nitrogen and oxygen atoms in total. The molecule has 0 amide bonds. The molecule has 4 rings (SSSR count). The Labute approximate surface area is 143 Å². The molecular weight excluding hydrogens is 318 g/mol. The maximum absolute atomic E-state index is 5.49. The van der Waals surface area contributed by atoms with Crippen LogP contribution < -0.4 is 4.74 Å². The summed E-state index contributed by atoms with van der Waals surface area (Å²) in [5.41, 5.74) is 2.73. The van der Waals surface area contributed by atoms with Crippen molar-refractivity contribution < 1.29 is 9.26 Å². The molecule has 0 unspecified atom stereocenters. The minimum absolute atomic E-state index is 0.466. The van der Waals surface area contributed by atoms with Crippen molar-refractivity contribution in [1.29, 1.82) is 0 Å². The Bertz CT molecular complexity index is 979. The number of hydrogen-bond acceptors (Lipinski definition) is 6. The van der Waals surface area contributed by atoms with Gasteiger partial charge in [-0.25, -0.2) is 9.67 Å². The van der Waals surface area contributed by atoms with Crippen LogP contribution in [0.4, 0.5) is 0 Å². The molecule has 0 radical (unpaired) electrons. The lowest BCUT2D eigenvalue weighted by molar-refractivity contribution is 0.414. The van der Waals surface area contributed by atoms with E-state index >= 15 is 0 Å². The van der Waals surface area contributed by atoms with Crippen molar-refractivity contribution in [3.63, 3.8) is 0 Å². The summed E-state index contributed by atoms with van der Waals surface area (Å²) in [5.74, 6) is 1.73. The zero-order chi connectivity index (χ0) is 17.1. The fraction of sp³-hybridized carbons (Fsp3) is 0.111. The fourth-order valence-electron chi connectivity index (χ4n) is 2.57. The van der Waals surface area contributed by atoms with Gasteiger partial charge in [-0.15, -0.1) is 0 Å². The van der Waals surface area contributed by atoms with E-state index in [9.17, 15) is 0 Å². The Hall–Kier alpha value is -3.48. The van der Waals surface area contributed by atoms with Gasteiger partial charge in [0.15, 0.2) is 0 Å². The van der Waals surface area contributed by atoms with Crippen LogP contribution in [-0.2, 0) is 6.54 Å². The van der Waals surface area contributed by atoms with Gasteiger partial charge in [0.05, 0.1) is 13.7 Å². The molecule has 2 aromatic heterocycles. The first-order chi connectivity index (χ1) is 12.3. The molecule has 7 heteroatoms. The normalized spacial score (nSPS) is 10.8. The molecule has 2 aromatic carbocycles. The van der Waals surface area contributed by atoms with Crippen LogP contribution in [0.15, 0.2) is 65.7 Å². The molecule has 0 aliphatic heterocycles. The summed E-state index contributed by atoms with van der Waals surface area (Å²) in [7, 11) is 1.63. The third-order valence-corrected chi connectivity index (χ3v) is 3.80. The molecule has 0 aliphatic carbocycles. The molecule has 0 fully saturated rings. The van der Waals surface area contributed by atoms with Gasteiger partial charge in [-0.1, -0.05) is 35.5 Å². The van der Waals surface area contributed by atoms with Crippen molar-refractivity contribution in [2.24, 2.45) is 0 Å². The number of nitrogens with zero attached hydrogens (tertiary/aromatic N) is 5. The lowest BCUT2D eigenvalue weighted by Crippen LogP contribution is -2.01. The standard InChI is InChI=1S/C18H15N5O2/c1-24-15-7-4-6-13(9-15)17-21-18(25-22-17)16-8-3-2-5-14(16)10-23-12-19-11-20-23/h2-9,11-12H,10H2,1H3. The molecule has 0 bridgehead atoms. The Morgan fingerprint density at radius 1 is 1.12 bits per heavy atom. The van der Waals surface area contributed by atoms with Gasteiger partial charge in [-0.3, -0.25) is 0 Å². The molecule has 2 heterocycles. The molecule has 0 spiro atoms. The predicted octanol–water partition coefficient (Wildman–Crippen LogP) is 3.05. The lowest BCUT2D eigenvalue weighted by Gasteiger charge is -2.05. The Morgan fingerprint density at radius 3 is 2.88 bits per heavy atom. The maximum Gasteiger partial charge on any atom is 0.258 e. The molecule has 0 N–H and O–H groups in total. The summed E-state index contributed by atoms with van der Waals surface area (Å²) in [6, 6.07) is 15.4. The van der Waals surface area contributed by atoms with Crippen molar-refractivity contribution in [1.82, 2.24) is 24.9 Å². The van der Waals surface area contributed by atoms with Gasteiger partial charge >= 0.3 is 0 Å². The highest BCUT2D eigenvalue weighted by atomic mass is 16.5. The SMILES string of the molecule is COc1cccc(-c2noc(-c3ccccc3Cn3cncn3)n2)c1. The van der Waals surface area contributed by atoms with Gasteiger partial charge in [0, 0.05) is 11.1 Å². The highest BCUT2D eigenvalue weighted by molar-refractivity contribution is 5.63. The summed E-state index contributed by atoms with van der Waals surface area (Å²) in [6.45, 7) is 0.576. The average molecular weight is 333 g/mol. The number of rotatable bonds is 5. The second-order valence-corrected chi connectivity index (χ2v) is 5.41. The Morgan fingerprint density at radius 2 is 2.04 bits per heavy atom. The molecule has 4 aromatic rings. The molecule has 0 aliphatic rings. The summed E-state index contributed by atoms with van der Waals surface area (Å²) in [6.07, 6.45) is 3.18. The van der Waals surface area contributed by atoms with E-state index in [1.807, 2.05) is 48.5 Å². The van der Waals surface area contributed by atoms with Crippen molar-refractivity contribution in [3.05, 3.63) is 66.7 Å². The minimum atomic E-state index is 0.466. The summed E-state index contributed by atoms with van der Waals surface area (Å²) in [4.78, 5) is 8.51. The van der Waals surface area contributed by atoms with Crippen molar-refractivity contribution >= 4 is 0 Å². The van der Waals surface area contributed by atoms with Crippen LogP contribution in [-0.4, -0.2) is 32.0 Å². The monoisotopic (exact) mass is 333 g/mol. The van der Waals surface area contributed by atoms with E-state index in [-0.39, 0.29) is 0 Å². The van der Waals surface area contributed by atoms with E-state index in [2.05, 4.69) is 20.2 Å². The van der Waals surface area contributed by atoms with Crippen LogP contribution in [0.1, 0.15) is 5.56 Å². The molecular formula is C18H15N5O2. The number of methoxy groups -OCH3 is 1. The summed E-state index contributed by atoms with van der Waals surface area (Å²) < 4.78 is 12.5. The number of benzene rings is 2.